The van der Waals surface area contributed by atoms with Gasteiger partial charge in [0.15, 0.2) is 11.9 Å². The van der Waals surface area contributed by atoms with Crippen LogP contribution in [0.2, 0.25) is 5.02 Å². The molecule has 1 aromatic carbocycles. The molecule has 1 N–H and O–H groups in total. The van der Waals surface area contributed by atoms with Gasteiger partial charge in [-0.1, -0.05) is 23.7 Å². The first-order valence-electron chi connectivity index (χ1n) is 8.90. The Kier molecular flexibility index (Phi) is 6.39. The molecule has 1 aliphatic heterocycles. The normalized spacial score (nSPS) is 19.6. The average molecular weight is 445 g/mol. The lowest BCUT2D eigenvalue weighted by molar-refractivity contribution is -0.163. The van der Waals surface area contributed by atoms with E-state index in [0.29, 0.717) is 12.6 Å². The molecule has 1 aliphatic rings. The molecule has 1 amide bonds. The molecule has 0 spiro atoms. The fraction of sp³-hybridized carbons (Fsp3) is 0.368. The third-order valence-corrected chi connectivity index (χ3v) is 4.99. The second-order valence-corrected chi connectivity index (χ2v) is 7.13. The molecule has 11 heteroatoms. The minimum absolute atomic E-state index is 0.0175. The van der Waals surface area contributed by atoms with Gasteiger partial charge in [0.1, 0.15) is 5.75 Å². The highest BCUT2D eigenvalue weighted by molar-refractivity contribution is 6.33. The van der Waals surface area contributed by atoms with Crippen molar-refractivity contribution in [1.29, 1.82) is 0 Å². The third kappa shape index (κ3) is 4.77. The number of carbonyl (C=O) groups excluding carboxylic acids is 1. The number of nitrogens with zero attached hydrogens (tertiary/aromatic N) is 3. The number of hydrazine groups is 1. The number of halogens is 4. The van der Waals surface area contributed by atoms with Gasteiger partial charge in [-0.3, -0.25) is 20.1 Å². The average Bonchev–Trinajstić information content (AvgIpc) is 3.09. The molecule has 3 rings (SSSR count). The van der Waals surface area contributed by atoms with Crippen LogP contribution in [0, 0.1) is 0 Å². The standard InChI is InChI=1S/C19H20ClF3N4O3/c1-26(17-14(20)8-12(10-24-17)19(21,22)23)25-18(28)16-9-15(27(2)30-16)11-4-6-13(29-3)7-5-11/h4-8,10,15-16H,9H2,1-3H3,(H,25,28). The number of pyridine rings is 1. The summed E-state index contributed by atoms with van der Waals surface area (Å²) in [5, 5.41) is 2.51. The van der Waals surface area contributed by atoms with E-state index in [2.05, 4.69) is 10.4 Å². The van der Waals surface area contributed by atoms with E-state index in [1.54, 1.807) is 19.2 Å². The molecule has 2 unspecified atom stereocenters. The Labute approximate surface area is 176 Å². The zero-order valence-corrected chi connectivity index (χ0v) is 17.2. The van der Waals surface area contributed by atoms with Crippen LogP contribution in [0.1, 0.15) is 23.6 Å². The summed E-state index contributed by atoms with van der Waals surface area (Å²) >= 11 is 5.92. The van der Waals surface area contributed by atoms with E-state index in [9.17, 15) is 18.0 Å². The van der Waals surface area contributed by atoms with Crippen LogP contribution in [0.4, 0.5) is 19.0 Å². The van der Waals surface area contributed by atoms with E-state index in [1.165, 1.54) is 7.05 Å². The van der Waals surface area contributed by atoms with E-state index in [0.717, 1.165) is 22.4 Å². The van der Waals surface area contributed by atoms with E-state index < -0.39 is 23.8 Å². The monoisotopic (exact) mass is 444 g/mol. The largest absolute Gasteiger partial charge is 0.497 e. The van der Waals surface area contributed by atoms with Crippen LogP contribution >= 0.6 is 11.6 Å². The van der Waals surface area contributed by atoms with Crippen molar-refractivity contribution in [3.8, 4) is 5.75 Å². The maximum absolute atomic E-state index is 12.8. The molecule has 2 aromatic rings. The summed E-state index contributed by atoms with van der Waals surface area (Å²) in [4.78, 5) is 22.0. The number of hydroxylamine groups is 2. The van der Waals surface area contributed by atoms with E-state index >= 15 is 0 Å². The summed E-state index contributed by atoms with van der Waals surface area (Å²) in [6.07, 6.45) is -4.31. The number of ether oxygens (including phenoxy) is 1. The molecule has 0 radical (unpaired) electrons. The Morgan fingerprint density at radius 2 is 2.03 bits per heavy atom. The lowest BCUT2D eigenvalue weighted by atomic mass is 10.0. The van der Waals surface area contributed by atoms with E-state index in [-0.39, 0.29) is 16.9 Å². The molecule has 1 saturated heterocycles. The second kappa shape index (κ2) is 8.66. The number of carbonyl (C=O) groups is 1. The molecule has 2 heterocycles. The number of anilines is 1. The zero-order valence-electron chi connectivity index (χ0n) is 16.4. The predicted molar refractivity (Wildman–Crippen MR) is 104 cm³/mol. The van der Waals surface area contributed by atoms with Crippen molar-refractivity contribution in [2.45, 2.75) is 24.7 Å². The quantitative estimate of drug-likeness (QED) is 0.711. The highest BCUT2D eigenvalue weighted by Gasteiger charge is 2.37. The van der Waals surface area contributed by atoms with Crippen molar-refractivity contribution in [1.82, 2.24) is 15.5 Å². The Balaban J connectivity index is 1.66. The maximum atomic E-state index is 12.8. The summed E-state index contributed by atoms with van der Waals surface area (Å²) in [5.41, 5.74) is 2.52. The molecule has 1 aromatic heterocycles. The lowest BCUT2D eigenvalue weighted by Gasteiger charge is -2.22. The predicted octanol–water partition coefficient (Wildman–Crippen LogP) is 3.61. The lowest BCUT2D eigenvalue weighted by Crippen LogP contribution is -2.45. The fourth-order valence-corrected chi connectivity index (χ4v) is 3.41. The molecule has 0 saturated carbocycles. The van der Waals surface area contributed by atoms with Crippen LogP contribution in [0.5, 0.6) is 5.75 Å². The van der Waals surface area contributed by atoms with Crippen LogP contribution in [-0.2, 0) is 15.8 Å². The Bertz CT molecular complexity index is 911. The summed E-state index contributed by atoms with van der Waals surface area (Å²) in [6, 6.07) is 8.03. The van der Waals surface area contributed by atoms with Crippen LogP contribution in [0.15, 0.2) is 36.5 Å². The number of nitrogens with one attached hydrogen (secondary N) is 1. The van der Waals surface area contributed by atoms with Gasteiger partial charge in [-0.15, -0.1) is 0 Å². The number of hydrogen-bond donors (Lipinski definition) is 1. The van der Waals surface area contributed by atoms with E-state index in [4.69, 9.17) is 21.2 Å². The zero-order chi connectivity index (χ0) is 22.1. The third-order valence-electron chi connectivity index (χ3n) is 4.71. The Hall–Kier alpha value is -2.56. The summed E-state index contributed by atoms with van der Waals surface area (Å²) in [7, 11) is 4.73. The van der Waals surface area contributed by atoms with Gasteiger partial charge in [0.2, 0.25) is 0 Å². The number of alkyl halides is 3. The number of methoxy groups -OCH3 is 1. The topological polar surface area (TPSA) is 66.9 Å². The summed E-state index contributed by atoms with van der Waals surface area (Å²) in [6.45, 7) is 0. The van der Waals surface area contributed by atoms with Crippen LogP contribution < -0.4 is 15.2 Å². The van der Waals surface area contributed by atoms with Crippen molar-refractivity contribution >= 4 is 23.3 Å². The maximum Gasteiger partial charge on any atom is 0.417 e. The van der Waals surface area contributed by atoms with Crippen molar-refractivity contribution in [2.24, 2.45) is 0 Å². The molecular weight excluding hydrogens is 425 g/mol. The molecule has 7 nitrogen and oxygen atoms in total. The van der Waals surface area contributed by atoms with Gasteiger partial charge < -0.3 is 4.74 Å². The number of benzene rings is 1. The number of aromatic nitrogens is 1. The summed E-state index contributed by atoms with van der Waals surface area (Å²) in [5.74, 6) is 0.228. The van der Waals surface area contributed by atoms with Gasteiger partial charge in [-0.05, 0) is 23.8 Å². The van der Waals surface area contributed by atoms with Crippen molar-refractivity contribution in [3.63, 3.8) is 0 Å². The molecule has 2 atom stereocenters. The molecule has 0 bridgehead atoms. The highest BCUT2D eigenvalue weighted by Crippen LogP contribution is 2.35. The van der Waals surface area contributed by atoms with Gasteiger partial charge in [0.05, 0.1) is 23.7 Å². The summed E-state index contributed by atoms with van der Waals surface area (Å²) < 4.78 is 43.4. The second-order valence-electron chi connectivity index (χ2n) is 6.73. The number of amides is 1. The fourth-order valence-electron chi connectivity index (χ4n) is 3.12. The van der Waals surface area contributed by atoms with Gasteiger partial charge in [-0.2, -0.15) is 18.2 Å². The number of hydrogen-bond acceptors (Lipinski definition) is 6. The smallest absolute Gasteiger partial charge is 0.417 e. The minimum Gasteiger partial charge on any atom is -0.497 e. The van der Waals surface area contributed by atoms with Gasteiger partial charge >= 0.3 is 6.18 Å². The Morgan fingerprint density at radius 1 is 1.37 bits per heavy atom. The van der Waals surface area contributed by atoms with Gasteiger partial charge in [0, 0.05) is 26.7 Å². The Morgan fingerprint density at radius 3 is 2.60 bits per heavy atom. The molecular formula is C19H20ClF3N4O3. The molecule has 1 fully saturated rings. The van der Waals surface area contributed by atoms with Crippen molar-refractivity contribution in [2.75, 3.05) is 26.2 Å². The van der Waals surface area contributed by atoms with Gasteiger partial charge in [0.25, 0.3) is 5.91 Å². The highest BCUT2D eigenvalue weighted by atomic mass is 35.5. The van der Waals surface area contributed by atoms with Crippen molar-refractivity contribution < 1.29 is 27.5 Å². The van der Waals surface area contributed by atoms with Crippen LogP contribution in [0.3, 0.4) is 0 Å². The number of rotatable bonds is 5. The molecule has 0 aliphatic carbocycles. The first-order chi connectivity index (χ1) is 14.1. The first-order valence-corrected chi connectivity index (χ1v) is 9.28. The van der Waals surface area contributed by atoms with Crippen molar-refractivity contribution in [3.05, 3.63) is 52.7 Å². The van der Waals surface area contributed by atoms with Crippen LogP contribution in [0.25, 0.3) is 0 Å². The van der Waals surface area contributed by atoms with Gasteiger partial charge in [-0.25, -0.2) is 4.98 Å². The molecule has 30 heavy (non-hydrogen) atoms. The molecule has 162 valence electrons. The van der Waals surface area contributed by atoms with Crippen LogP contribution in [-0.4, -0.2) is 43.3 Å². The SMILES string of the molecule is COc1ccc(C2CC(C(=O)NN(C)c3ncc(C(F)(F)F)cc3Cl)ON2C)cc1. The van der Waals surface area contributed by atoms with E-state index in [1.807, 2.05) is 24.3 Å². The minimum atomic E-state index is -4.56. The first kappa shape index (κ1) is 22.1.